The van der Waals surface area contributed by atoms with Crippen molar-refractivity contribution in [3.8, 4) is 5.75 Å². The van der Waals surface area contributed by atoms with Crippen LogP contribution in [0.5, 0.6) is 5.75 Å². The molecular weight excluding hydrogens is 428 g/mol. The van der Waals surface area contributed by atoms with Gasteiger partial charge in [0.15, 0.2) is 0 Å². The average molecular weight is 455 g/mol. The van der Waals surface area contributed by atoms with Crippen LogP contribution >= 0.6 is 11.6 Å². The number of benzene rings is 2. The molecule has 0 aromatic heterocycles. The Balaban J connectivity index is 2.21. The van der Waals surface area contributed by atoms with Crippen molar-refractivity contribution < 1.29 is 9.53 Å². The Morgan fingerprint density at radius 2 is 2.00 bits per heavy atom. The monoisotopic (exact) mass is 454 g/mol. The summed E-state index contributed by atoms with van der Waals surface area (Å²) < 4.78 is 5.72. The first-order chi connectivity index (χ1) is 15.3. The van der Waals surface area contributed by atoms with Crippen molar-refractivity contribution in [2.45, 2.75) is 26.3 Å². The van der Waals surface area contributed by atoms with E-state index in [2.05, 4.69) is 5.32 Å². The zero-order valence-corrected chi connectivity index (χ0v) is 18.9. The van der Waals surface area contributed by atoms with Gasteiger partial charge in [-0.15, -0.1) is 0 Å². The molecule has 1 atom stereocenters. The Labute approximate surface area is 192 Å². The van der Waals surface area contributed by atoms with Gasteiger partial charge in [0, 0.05) is 29.2 Å². The van der Waals surface area contributed by atoms with E-state index in [1.54, 1.807) is 31.2 Å². The number of benzodiazepines with no additional fused rings is 1. The van der Waals surface area contributed by atoms with Crippen LogP contribution in [-0.2, 0) is 4.79 Å². The van der Waals surface area contributed by atoms with Gasteiger partial charge in [-0.2, -0.15) is 0 Å². The maximum Gasteiger partial charge on any atom is 0.222 e. The molecular formula is C23H27ClN6O2. The fraction of sp³-hybridized carbons (Fsp3) is 0.304. The second-order valence-corrected chi connectivity index (χ2v) is 7.72. The summed E-state index contributed by atoms with van der Waals surface area (Å²) in [7, 11) is 0. The number of anilines is 1. The molecule has 0 saturated carbocycles. The molecule has 8 nitrogen and oxygen atoms in total. The number of carbonyl (C=O) groups is 1. The van der Waals surface area contributed by atoms with E-state index in [0.717, 1.165) is 5.56 Å². The van der Waals surface area contributed by atoms with Crippen LogP contribution in [0.25, 0.3) is 0 Å². The third kappa shape index (κ3) is 5.15. The number of amides is 1. The van der Waals surface area contributed by atoms with Crippen molar-refractivity contribution >= 4 is 40.6 Å². The highest BCUT2D eigenvalue weighted by molar-refractivity contribution is 6.31. The van der Waals surface area contributed by atoms with Crippen LogP contribution in [0.3, 0.4) is 0 Å². The van der Waals surface area contributed by atoms with E-state index < -0.39 is 6.04 Å². The summed E-state index contributed by atoms with van der Waals surface area (Å²) in [5.41, 5.74) is 8.27. The van der Waals surface area contributed by atoms with Gasteiger partial charge in [0.1, 0.15) is 30.1 Å². The maximum absolute atomic E-state index is 12.4. The zero-order chi connectivity index (χ0) is 23.3. The van der Waals surface area contributed by atoms with Gasteiger partial charge in [-0.1, -0.05) is 23.7 Å². The number of carbonyl (C=O) groups excluding carboxylic acids is 1. The Morgan fingerprint density at radius 1 is 1.28 bits per heavy atom. The molecule has 1 amide bonds. The number of aliphatic imine (C=N–C) groups is 1. The number of hydrogen-bond acceptors (Lipinski definition) is 6. The van der Waals surface area contributed by atoms with E-state index in [0.29, 0.717) is 47.4 Å². The Bertz CT molecular complexity index is 1050. The van der Waals surface area contributed by atoms with Crippen LogP contribution in [0, 0.1) is 10.8 Å². The van der Waals surface area contributed by atoms with Crippen molar-refractivity contribution in [2.24, 2.45) is 10.7 Å². The number of amidine groups is 2. The van der Waals surface area contributed by atoms with Crippen molar-refractivity contribution in [3.05, 3.63) is 58.6 Å². The summed E-state index contributed by atoms with van der Waals surface area (Å²) in [5, 5.41) is 20.5. The smallest absolute Gasteiger partial charge is 0.222 e. The predicted molar refractivity (Wildman–Crippen MR) is 129 cm³/mol. The summed E-state index contributed by atoms with van der Waals surface area (Å²) in [6, 6.07) is 11.9. The highest BCUT2D eigenvalue weighted by Gasteiger charge is 2.32. The molecule has 0 fully saturated rings. The van der Waals surface area contributed by atoms with Crippen molar-refractivity contribution in [1.29, 1.82) is 10.8 Å². The van der Waals surface area contributed by atoms with E-state index in [1.165, 1.54) is 4.90 Å². The molecule has 2 aromatic carbocycles. The minimum atomic E-state index is -0.770. The van der Waals surface area contributed by atoms with E-state index >= 15 is 0 Å². The first-order valence-electron chi connectivity index (χ1n) is 10.4. The molecule has 0 bridgehead atoms. The quantitative estimate of drug-likeness (QED) is 0.378. The van der Waals surface area contributed by atoms with Crippen LogP contribution in [0.15, 0.2) is 47.5 Å². The Kier molecular flexibility index (Phi) is 7.61. The van der Waals surface area contributed by atoms with Crippen molar-refractivity contribution in [3.63, 3.8) is 0 Å². The van der Waals surface area contributed by atoms with Gasteiger partial charge in [-0.25, -0.2) is 0 Å². The molecule has 1 heterocycles. The second-order valence-electron chi connectivity index (χ2n) is 7.28. The molecule has 2 aromatic rings. The highest BCUT2D eigenvalue weighted by atomic mass is 35.5. The van der Waals surface area contributed by atoms with Gasteiger partial charge in [0.05, 0.1) is 17.8 Å². The SMILES string of the molecule is CCNC(=O)C[C@@H]1N=C(c2ccc(Cl)cc2)c2cc(OCCN)ccc2N(C(C)=N)C1=N. The molecule has 168 valence electrons. The van der Waals surface area contributed by atoms with Crippen LogP contribution in [0.2, 0.25) is 5.02 Å². The van der Waals surface area contributed by atoms with Gasteiger partial charge in [-0.05, 0) is 44.2 Å². The zero-order valence-electron chi connectivity index (χ0n) is 18.1. The summed E-state index contributed by atoms with van der Waals surface area (Å²) >= 11 is 6.09. The van der Waals surface area contributed by atoms with Crippen molar-refractivity contribution in [1.82, 2.24) is 5.32 Å². The van der Waals surface area contributed by atoms with E-state index in [-0.39, 0.29) is 24.0 Å². The maximum atomic E-state index is 12.4. The minimum Gasteiger partial charge on any atom is -0.492 e. The Morgan fingerprint density at radius 3 is 2.62 bits per heavy atom. The number of nitrogens with zero attached hydrogens (tertiary/aromatic N) is 2. The van der Waals surface area contributed by atoms with Gasteiger partial charge in [-0.3, -0.25) is 25.5 Å². The molecule has 0 aliphatic carbocycles. The molecule has 0 spiro atoms. The highest BCUT2D eigenvalue weighted by Crippen LogP contribution is 2.33. The molecule has 0 radical (unpaired) electrons. The summed E-state index contributed by atoms with van der Waals surface area (Å²) in [4.78, 5) is 18.7. The first-order valence-corrected chi connectivity index (χ1v) is 10.7. The third-order valence-corrected chi connectivity index (χ3v) is 5.15. The lowest BCUT2D eigenvalue weighted by molar-refractivity contribution is -0.121. The summed E-state index contributed by atoms with van der Waals surface area (Å²) in [6.07, 6.45) is -0.00192. The van der Waals surface area contributed by atoms with Crippen LogP contribution in [0.1, 0.15) is 31.4 Å². The molecule has 0 saturated heterocycles. The molecule has 0 unspecified atom stereocenters. The lowest BCUT2D eigenvalue weighted by Gasteiger charge is -2.26. The third-order valence-electron chi connectivity index (χ3n) is 4.90. The number of rotatable bonds is 7. The number of nitrogens with two attached hydrogens (primary N) is 1. The lowest BCUT2D eigenvalue weighted by atomic mass is 9.99. The van der Waals surface area contributed by atoms with E-state index in [1.807, 2.05) is 25.1 Å². The average Bonchev–Trinajstić information content (AvgIpc) is 2.87. The number of ether oxygens (including phenoxy) is 1. The van der Waals surface area contributed by atoms with E-state index in [4.69, 9.17) is 37.9 Å². The molecule has 32 heavy (non-hydrogen) atoms. The number of fused-ring (bicyclic) bond motifs is 1. The normalized spacial score (nSPS) is 15.5. The molecule has 5 N–H and O–H groups in total. The van der Waals surface area contributed by atoms with Crippen molar-refractivity contribution in [2.75, 3.05) is 24.6 Å². The minimum absolute atomic E-state index is 0.00192. The number of nitrogens with one attached hydrogen (secondary N) is 3. The number of halogens is 1. The van der Waals surface area contributed by atoms with Gasteiger partial charge < -0.3 is 15.8 Å². The number of hydrogen-bond donors (Lipinski definition) is 4. The van der Waals surface area contributed by atoms with Crippen LogP contribution in [-0.4, -0.2) is 49.0 Å². The summed E-state index contributed by atoms with van der Waals surface area (Å²) in [5.74, 6) is 0.610. The largest absolute Gasteiger partial charge is 0.492 e. The molecule has 1 aliphatic rings. The first kappa shape index (κ1) is 23.4. The van der Waals surface area contributed by atoms with Gasteiger partial charge >= 0.3 is 0 Å². The van der Waals surface area contributed by atoms with Gasteiger partial charge in [0.25, 0.3) is 0 Å². The second kappa shape index (κ2) is 10.4. The predicted octanol–water partition coefficient (Wildman–Crippen LogP) is 3.20. The van der Waals surface area contributed by atoms with Gasteiger partial charge in [0.2, 0.25) is 5.91 Å². The van der Waals surface area contributed by atoms with Crippen LogP contribution in [0.4, 0.5) is 5.69 Å². The molecule has 1 aliphatic heterocycles. The lowest BCUT2D eigenvalue weighted by Crippen LogP contribution is -2.42. The summed E-state index contributed by atoms with van der Waals surface area (Å²) in [6.45, 7) is 4.66. The fourth-order valence-electron chi connectivity index (χ4n) is 3.52. The molecule has 3 rings (SSSR count). The molecule has 9 heteroatoms. The Hall–Kier alpha value is -3.23. The fourth-order valence-corrected chi connectivity index (χ4v) is 3.64. The standard InChI is InChI=1S/C23H27ClN6O2/c1-3-28-21(31)13-19-23(27)30(14(2)26)20-9-8-17(32-11-10-25)12-18(20)22(29-19)15-4-6-16(24)7-5-15/h4-9,12,19,26-27H,3,10-11,13,25H2,1-2H3,(H,28,31)/t19-/m0/s1. The van der Waals surface area contributed by atoms with E-state index in [9.17, 15) is 4.79 Å². The topological polar surface area (TPSA) is 128 Å². The van der Waals surface area contributed by atoms with Crippen LogP contribution < -0.4 is 20.7 Å².